The molecule has 0 amide bonds. The number of ether oxygens (including phenoxy) is 1. The molecule has 0 aliphatic rings. The van der Waals surface area contributed by atoms with Gasteiger partial charge >= 0.3 is 5.97 Å². The highest BCUT2D eigenvalue weighted by atomic mass is 32.2. The Balaban J connectivity index is 1.99. The largest absolute Gasteiger partial charge is 0.495 e. The SMILES string of the molecule is COc1c(-c2ccco2)ccc(CSc2ccccc2)c1C(=O)O. The van der Waals surface area contributed by atoms with Crippen molar-refractivity contribution in [1.29, 1.82) is 0 Å². The van der Waals surface area contributed by atoms with Crippen molar-refractivity contribution in [1.82, 2.24) is 0 Å². The molecule has 3 rings (SSSR count). The lowest BCUT2D eigenvalue weighted by Gasteiger charge is -2.14. The molecular formula is C19H16O4S. The van der Waals surface area contributed by atoms with E-state index < -0.39 is 5.97 Å². The number of hydrogen-bond donors (Lipinski definition) is 1. The Kier molecular flexibility index (Phi) is 4.91. The molecule has 0 spiro atoms. The molecule has 0 bridgehead atoms. The van der Waals surface area contributed by atoms with Gasteiger partial charge in [-0.15, -0.1) is 11.8 Å². The Bertz CT molecular complexity index is 826. The third-order valence-electron chi connectivity index (χ3n) is 3.59. The van der Waals surface area contributed by atoms with Crippen LogP contribution in [-0.4, -0.2) is 18.2 Å². The second-order valence-corrected chi connectivity index (χ2v) is 6.11. The normalized spacial score (nSPS) is 10.5. The Morgan fingerprint density at radius 1 is 1.12 bits per heavy atom. The van der Waals surface area contributed by atoms with E-state index in [0.717, 1.165) is 4.90 Å². The minimum Gasteiger partial charge on any atom is -0.495 e. The summed E-state index contributed by atoms with van der Waals surface area (Å²) < 4.78 is 10.8. The highest BCUT2D eigenvalue weighted by molar-refractivity contribution is 7.98. The third-order valence-corrected chi connectivity index (χ3v) is 4.65. The summed E-state index contributed by atoms with van der Waals surface area (Å²) in [7, 11) is 1.47. The van der Waals surface area contributed by atoms with E-state index in [0.29, 0.717) is 28.4 Å². The first-order valence-electron chi connectivity index (χ1n) is 7.35. The number of rotatable bonds is 6. The van der Waals surface area contributed by atoms with Crippen LogP contribution in [-0.2, 0) is 5.75 Å². The van der Waals surface area contributed by atoms with Crippen molar-refractivity contribution in [2.75, 3.05) is 7.11 Å². The number of thioether (sulfide) groups is 1. The van der Waals surface area contributed by atoms with Gasteiger partial charge < -0.3 is 14.3 Å². The van der Waals surface area contributed by atoms with Gasteiger partial charge in [0.1, 0.15) is 17.1 Å². The van der Waals surface area contributed by atoms with Crippen LogP contribution in [0, 0.1) is 0 Å². The molecule has 0 unspecified atom stereocenters. The summed E-state index contributed by atoms with van der Waals surface area (Å²) in [5.74, 6) is 0.435. The van der Waals surface area contributed by atoms with Gasteiger partial charge in [-0.3, -0.25) is 0 Å². The standard InChI is InChI=1S/C19H16O4S/c1-22-18-15(16-8-5-11-23-16)10-9-13(17(18)19(20)21)12-24-14-6-3-2-4-7-14/h2-11H,12H2,1H3,(H,20,21). The molecule has 24 heavy (non-hydrogen) atoms. The zero-order valence-corrected chi connectivity index (χ0v) is 13.9. The molecule has 0 aliphatic heterocycles. The maximum atomic E-state index is 11.8. The number of aromatic carboxylic acids is 1. The highest BCUT2D eigenvalue weighted by Crippen LogP contribution is 2.37. The minimum atomic E-state index is -1.01. The molecular weight excluding hydrogens is 324 g/mol. The zero-order chi connectivity index (χ0) is 16.9. The lowest BCUT2D eigenvalue weighted by Crippen LogP contribution is -2.06. The van der Waals surface area contributed by atoms with E-state index in [4.69, 9.17) is 9.15 Å². The van der Waals surface area contributed by atoms with Gasteiger partial charge in [0.15, 0.2) is 0 Å². The van der Waals surface area contributed by atoms with E-state index in [1.54, 1.807) is 30.2 Å². The first-order chi connectivity index (χ1) is 11.7. The number of carboxylic acids is 1. The maximum absolute atomic E-state index is 11.8. The van der Waals surface area contributed by atoms with Crippen LogP contribution < -0.4 is 4.74 Å². The monoisotopic (exact) mass is 340 g/mol. The highest BCUT2D eigenvalue weighted by Gasteiger charge is 2.22. The zero-order valence-electron chi connectivity index (χ0n) is 13.1. The molecule has 122 valence electrons. The van der Waals surface area contributed by atoms with Crippen molar-refractivity contribution in [2.45, 2.75) is 10.6 Å². The average molecular weight is 340 g/mol. The fourth-order valence-electron chi connectivity index (χ4n) is 2.49. The van der Waals surface area contributed by atoms with Crippen LogP contribution in [0.3, 0.4) is 0 Å². The predicted molar refractivity (Wildman–Crippen MR) is 93.7 cm³/mol. The molecule has 0 saturated heterocycles. The second-order valence-electron chi connectivity index (χ2n) is 5.06. The number of methoxy groups -OCH3 is 1. The molecule has 1 aromatic heterocycles. The van der Waals surface area contributed by atoms with Crippen molar-refractivity contribution < 1.29 is 19.1 Å². The number of carbonyl (C=O) groups is 1. The first kappa shape index (κ1) is 16.2. The van der Waals surface area contributed by atoms with Crippen LogP contribution in [0.2, 0.25) is 0 Å². The van der Waals surface area contributed by atoms with E-state index >= 15 is 0 Å². The Morgan fingerprint density at radius 3 is 2.54 bits per heavy atom. The van der Waals surface area contributed by atoms with Gasteiger partial charge in [-0.25, -0.2) is 4.79 Å². The minimum absolute atomic E-state index is 0.176. The topological polar surface area (TPSA) is 59.7 Å². The van der Waals surface area contributed by atoms with E-state index in [1.165, 1.54) is 7.11 Å². The van der Waals surface area contributed by atoms with Crippen LogP contribution in [0.5, 0.6) is 5.75 Å². The molecule has 0 saturated carbocycles. The summed E-state index contributed by atoms with van der Waals surface area (Å²) >= 11 is 1.59. The van der Waals surface area contributed by atoms with E-state index in [2.05, 4.69) is 0 Å². The van der Waals surface area contributed by atoms with E-state index in [-0.39, 0.29) is 5.56 Å². The summed E-state index contributed by atoms with van der Waals surface area (Å²) in [6, 6.07) is 17.1. The van der Waals surface area contributed by atoms with Gasteiger partial charge in [0.2, 0.25) is 0 Å². The molecule has 0 atom stereocenters. The second kappa shape index (κ2) is 7.27. The molecule has 1 N–H and O–H groups in total. The van der Waals surface area contributed by atoms with Gasteiger partial charge in [0.25, 0.3) is 0 Å². The fraction of sp³-hybridized carbons (Fsp3) is 0.105. The molecule has 2 aromatic carbocycles. The number of carboxylic acid groups (broad SMARTS) is 1. The molecule has 5 heteroatoms. The van der Waals surface area contributed by atoms with E-state index in [9.17, 15) is 9.90 Å². The smallest absolute Gasteiger partial charge is 0.339 e. The van der Waals surface area contributed by atoms with Gasteiger partial charge in [-0.1, -0.05) is 24.3 Å². The Labute approximate surface area is 144 Å². The van der Waals surface area contributed by atoms with Crippen molar-refractivity contribution in [3.63, 3.8) is 0 Å². The average Bonchev–Trinajstić information content (AvgIpc) is 3.14. The van der Waals surface area contributed by atoms with Crippen LogP contribution in [0.1, 0.15) is 15.9 Å². The summed E-state index contributed by atoms with van der Waals surface area (Å²) in [6.45, 7) is 0. The molecule has 3 aromatic rings. The summed E-state index contributed by atoms with van der Waals surface area (Å²) in [6.07, 6.45) is 1.55. The summed E-state index contributed by atoms with van der Waals surface area (Å²) in [5.41, 5.74) is 1.52. The summed E-state index contributed by atoms with van der Waals surface area (Å²) in [4.78, 5) is 12.9. The number of hydrogen-bond acceptors (Lipinski definition) is 4. The van der Waals surface area contributed by atoms with Crippen LogP contribution in [0.15, 0.2) is 70.2 Å². The lowest BCUT2D eigenvalue weighted by atomic mass is 10.0. The van der Waals surface area contributed by atoms with Gasteiger partial charge in [-0.05, 0) is 35.9 Å². The van der Waals surface area contributed by atoms with Crippen molar-refractivity contribution in [3.05, 3.63) is 72.0 Å². The quantitative estimate of drug-likeness (QED) is 0.644. The molecule has 0 fully saturated rings. The Hall–Kier alpha value is -2.66. The Morgan fingerprint density at radius 2 is 1.92 bits per heavy atom. The fourth-order valence-corrected chi connectivity index (χ4v) is 3.41. The maximum Gasteiger partial charge on any atom is 0.339 e. The predicted octanol–water partition coefficient (Wildman–Crippen LogP) is 4.95. The number of benzene rings is 2. The van der Waals surface area contributed by atoms with Gasteiger partial charge in [0.05, 0.1) is 18.9 Å². The van der Waals surface area contributed by atoms with Crippen LogP contribution in [0.25, 0.3) is 11.3 Å². The summed E-state index contributed by atoms with van der Waals surface area (Å²) in [5, 5.41) is 9.68. The first-order valence-corrected chi connectivity index (χ1v) is 8.34. The van der Waals surface area contributed by atoms with Crippen molar-refractivity contribution >= 4 is 17.7 Å². The lowest BCUT2D eigenvalue weighted by molar-refractivity contribution is 0.0692. The molecule has 4 nitrogen and oxygen atoms in total. The van der Waals surface area contributed by atoms with E-state index in [1.807, 2.05) is 42.5 Å². The van der Waals surface area contributed by atoms with Gasteiger partial charge in [0, 0.05) is 10.6 Å². The van der Waals surface area contributed by atoms with Crippen LogP contribution in [0.4, 0.5) is 0 Å². The number of furan rings is 1. The van der Waals surface area contributed by atoms with Crippen molar-refractivity contribution in [2.24, 2.45) is 0 Å². The molecule has 1 heterocycles. The van der Waals surface area contributed by atoms with Crippen molar-refractivity contribution in [3.8, 4) is 17.1 Å². The molecule has 0 aliphatic carbocycles. The molecule has 0 radical (unpaired) electrons. The third kappa shape index (κ3) is 3.31. The van der Waals surface area contributed by atoms with Gasteiger partial charge in [-0.2, -0.15) is 0 Å². The van der Waals surface area contributed by atoms with Crippen LogP contribution >= 0.6 is 11.8 Å².